The van der Waals surface area contributed by atoms with Gasteiger partial charge in [0.1, 0.15) is 5.75 Å². The molecule has 1 amide bonds. The fourth-order valence-electron chi connectivity index (χ4n) is 5.93. The Kier molecular flexibility index (Phi) is 12.4. The maximum atomic E-state index is 13.1. The van der Waals surface area contributed by atoms with Gasteiger partial charge in [-0.15, -0.1) is 0 Å². The van der Waals surface area contributed by atoms with Gasteiger partial charge in [0, 0.05) is 31.2 Å². The molecule has 7 nitrogen and oxygen atoms in total. The van der Waals surface area contributed by atoms with E-state index in [4.69, 9.17) is 14.2 Å². The van der Waals surface area contributed by atoms with Crippen LogP contribution in [-0.2, 0) is 30.8 Å². The number of phenolic OH excluding ortho intramolecular Hbond substituents is 1. The van der Waals surface area contributed by atoms with Crippen LogP contribution in [0, 0.1) is 5.92 Å². The zero-order chi connectivity index (χ0) is 29.1. The number of rotatable bonds is 15. The number of carbonyl (C=O) groups excluding carboxylic acids is 1. The summed E-state index contributed by atoms with van der Waals surface area (Å²) in [5.41, 5.74) is 3.17. The third-order valence-electron chi connectivity index (χ3n) is 8.28. The van der Waals surface area contributed by atoms with Crippen molar-refractivity contribution < 1.29 is 24.1 Å². The summed E-state index contributed by atoms with van der Waals surface area (Å²) >= 11 is 0. The number of nitrogens with zero attached hydrogens (tertiary/aromatic N) is 2. The molecule has 1 heterocycles. The third-order valence-corrected chi connectivity index (χ3v) is 8.28. The number of hydrogen-bond acceptors (Lipinski definition) is 6. The molecule has 7 heteroatoms. The number of carbonyl (C=O) groups is 1. The van der Waals surface area contributed by atoms with Crippen molar-refractivity contribution in [1.82, 2.24) is 9.80 Å². The number of amides is 1. The molecule has 2 aromatic rings. The van der Waals surface area contributed by atoms with E-state index in [0.717, 1.165) is 49.9 Å². The lowest BCUT2D eigenvalue weighted by Crippen LogP contribution is -2.45. The lowest BCUT2D eigenvalue weighted by Gasteiger charge is -2.42. The highest BCUT2D eigenvalue weighted by Crippen LogP contribution is 2.45. The Hall–Kier alpha value is -2.45. The second kappa shape index (κ2) is 15.5. The van der Waals surface area contributed by atoms with Crippen LogP contribution in [0.5, 0.6) is 5.75 Å². The highest BCUT2D eigenvalue weighted by atomic mass is 16.7. The SMILES string of the molecule is COC(CN(C(=O)CCOCCc1ccc(O)c(C2(c3ccccc3)CCN(C)CC2)c1)C(C)CC(C)C)OC. The van der Waals surface area contributed by atoms with Crippen LogP contribution >= 0.6 is 0 Å². The number of ether oxygens (including phenoxy) is 3. The van der Waals surface area contributed by atoms with Gasteiger partial charge < -0.3 is 29.1 Å². The molecule has 1 aliphatic rings. The molecule has 1 saturated heterocycles. The van der Waals surface area contributed by atoms with E-state index in [1.807, 2.05) is 23.1 Å². The van der Waals surface area contributed by atoms with Gasteiger partial charge in [-0.2, -0.15) is 0 Å². The summed E-state index contributed by atoms with van der Waals surface area (Å²) < 4.78 is 16.7. The van der Waals surface area contributed by atoms with Crippen molar-refractivity contribution in [3.63, 3.8) is 0 Å². The highest BCUT2D eigenvalue weighted by molar-refractivity contribution is 5.76. The standard InChI is InChI=1S/C33H50N2O5/c1-25(2)22-26(3)35(24-32(38-5)39-6)31(37)15-21-40-20-14-27-12-13-30(36)29(23-27)33(16-18-34(4)19-17-33)28-10-8-7-9-11-28/h7-13,23,25-26,32,36H,14-22,24H2,1-6H3. The Morgan fingerprint density at radius 2 is 1.70 bits per heavy atom. The first-order valence-corrected chi connectivity index (χ1v) is 14.7. The number of benzene rings is 2. The predicted octanol–water partition coefficient (Wildman–Crippen LogP) is 5.24. The van der Waals surface area contributed by atoms with Gasteiger partial charge in [-0.3, -0.25) is 4.79 Å². The third kappa shape index (κ3) is 8.53. The second-order valence-electron chi connectivity index (χ2n) is 11.6. The van der Waals surface area contributed by atoms with Crippen molar-refractivity contribution in [1.29, 1.82) is 0 Å². The summed E-state index contributed by atoms with van der Waals surface area (Å²) in [4.78, 5) is 17.3. The maximum Gasteiger partial charge on any atom is 0.225 e. The first kappa shape index (κ1) is 32.1. The lowest BCUT2D eigenvalue weighted by molar-refractivity contribution is -0.150. The highest BCUT2D eigenvalue weighted by Gasteiger charge is 2.39. The number of hydrogen-bond donors (Lipinski definition) is 1. The van der Waals surface area contributed by atoms with Crippen molar-refractivity contribution in [3.05, 3.63) is 65.2 Å². The molecule has 1 atom stereocenters. The van der Waals surface area contributed by atoms with E-state index in [0.29, 0.717) is 37.8 Å². The summed E-state index contributed by atoms with van der Waals surface area (Å²) in [7, 11) is 5.34. The zero-order valence-electron chi connectivity index (χ0n) is 25.4. The van der Waals surface area contributed by atoms with Crippen molar-refractivity contribution >= 4 is 5.91 Å². The molecule has 1 unspecified atom stereocenters. The van der Waals surface area contributed by atoms with Gasteiger partial charge in [-0.25, -0.2) is 0 Å². The number of piperidine rings is 1. The quantitative estimate of drug-likeness (QED) is 0.240. The summed E-state index contributed by atoms with van der Waals surface area (Å²) in [6.07, 6.45) is 3.41. The minimum atomic E-state index is -0.452. The molecule has 1 N–H and O–H groups in total. The van der Waals surface area contributed by atoms with Gasteiger partial charge in [-0.1, -0.05) is 56.3 Å². The number of phenols is 1. The molecule has 0 radical (unpaired) electrons. The van der Waals surface area contributed by atoms with Gasteiger partial charge in [0.15, 0.2) is 6.29 Å². The van der Waals surface area contributed by atoms with Crippen molar-refractivity contribution in [2.24, 2.45) is 5.92 Å². The van der Waals surface area contributed by atoms with E-state index in [1.165, 1.54) is 5.56 Å². The van der Waals surface area contributed by atoms with Gasteiger partial charge in [-0.05, 0) is 75.9 Å². The van der Waals surface area contributed by atoms with Crippen LogP contribution in [0.4, 0.5) is 0 Å². The molecule has 0 bridgehead atoms. The first-order chi connectivity index (χ1) is 19.2. The minimum absolute atomic E-state index is 0.0474. The largest absolute Gasteiger partial charge is 0.508 e. The van der Waals surface area contributed by atoms with Crippen LogP contribution in [0.25, 0.3) is 0 Å². The fraction of sp³-hybridized carbons (Fsp3) is 0.606. The Morgan fingerprint density at radius 3 is 2.33 bits per heavy atom. The van der Waals surface area contributed by atoms with E-state index in [1.54, 1.807) is 14.2 Å². The monoisotopic (exact) mass is 554 g/mol. The number of aromatic hydroxyl groups is 1. The first-order valence-electron chi connectivity index (χ1n) is 14.7. The molecule has 40 heavy (non-hydrogen) atoms. The minimum Gasteiger partial charge on any atom is -0.508 e. The van der Waals surface area contributed by atoms with Gasteiger partial charge in [0.05, 0.1) is 26.2 Å². The van der Waals surface area contributed by atoms with E-state index >= 15 is 0 Å². The average Bonchev–Trinajstić information content (AvgIpc) is 2.95. The molecule has 0 aliphatic carbocycles. The van der Waals surface area contributed by atoms with E-state index in [9.17, 15) is 9.90 Å². The fourth-order valence-corrected chi connectivity index (χ4v) is 5.93. The molecule has 0 aromatic heterocycles. The van der Waals surface area contributed by atoms with Gasteiger partial charge >= 0.3 is 0 Å². The normalized spacial score (nSPS) is 16.4. The van der Waals surface area contributed by atoms with Crippen molar-refractivity contribution in [2.75, 3.05) is 54.1 Å². The van der Waals surface area contributed by atoms with Crippen LogP contribution in [0.15, 0.2) is 48.5 Å². The van der Waals surface area contributed by atoms with Gasteiger partial charge in [0.2, 0.25) is 5.91 Å². The average molecular weight is 555 g/mol. The van der Waals surface area contributed by atoms with Crippen LogP contribution < -0.4 is 0 Å². The molecule has 222 valence electrons. The smallest absolute Gasteiger partial charge is 0.225 e. The molecule has 2 aromatic carbocycles. The molecule has 1 fully saturated rings. The van der Waals surface area contributed by atoms with Crippen LogP contribution in [0.2, 0.25) is 0 Å². The van der Waals surface area contributed by atoms with E-state index in [-0.39, 0.29) is 17.4 Å². The number of methoxy groups -OCH3 is 2. The zero-order valence-corrected chi connectivity index (χ0v) is 25.4. The molecule has 0 saturated carbocycles. The maximum absolute atomic E-state index is 13.1. The summed E-state index contributed by atoms with van der Waals surface area (Å²) in [5, 5.41) is 11.0. The summed E-state index contributed by atoms with van der Waals surface area (Å²) in [6, 6.07) is 16.6. The van der Waals surface area contributed by atoms with Crippen molar-refractivity contribution in [3.8, 4) is 5.75 Å². The number of likely N-dealkylation sites (tertiary alicyclic amines) is 1. The molecule has 3 rings (SSSR count). The van der Waals surface area contributed by atoms with Gasteiger partial charge in [0.25, 0.3) is 0 Å². The molecule has 1 aliphatic heterocycles. The lowest BCUT2D eigenvalue weighted by atomic mass is 9.67. The summed E-state index contributed by atoms with van der Waals surface area (Å²) in [6.45, 7) is 9.64. The van der Waals surface area contributed by atoms with E-state index < -0.39 is 6.29 Å². The molecular weight excluding hydrogens is 504 g/mol. The second-order valence-corrected chi connectivity index (χ2v) is 11.6. The van der Waals surface area contributed by atoms with E-state index in [2.05, 4.69) is 63.1 Å². The molecular formula is C33H50N2O5. The molecule has 0 spiro atoms. The Morgan fingerprint density at radius 1 is 1.02 bits per heavy atom. The van der Waals surface area contributed by atoms with Crippen LogP contribution in [0.3, 0.4) is 0 Å². The Balaban J connectivity index is 1.61. The topological polar surface area (TPSA) is 71.5 Å². The summed E-state index contributed by atoms with van der Waals surface area (Å²) in [5.74, 6) is 0.881. The van der Waals surface area contributed by atoms with Crippen molar-refractivity contribution in [2.45, 2.75) is 70.6 Å². The van der Waals surface area contributed by atoms with Crippen LogP contribution in [0.1, 0.15) is 63.1 Å². The predicted molar refractivity (Wildman–Crippen MR) is 160 cm³/mol. The Bertz CT molecular complexity index is 1030. The van der Waals surface area contributed by atoms with Crippen LogP contribution in [-0.4, -0.2) is 87.3 Å². The Labute approximate surface area is 241 Å².